The number of carbonyl (C=O) groups excluding carboxylic acids is 4. The number of fused-ring (bicyclic) bond motifs is 1. The maximum absolute atomic E-state index is 14.1. The molecule has 5 amide bonds. The Morgan fingerprint density at radius 2 is 1.68 bits per heavy atom. The van der Waals surface area contributed by atoms with Gasteiger partial charge in [-0.2, -0.15) is 0 Å². The lowest BCUT2D eigenvalue weighted by molar-refractivity contribution is -0.130. The van der Waals surface area contributed by atoms with Crippen LogP contribution in [0.2, 0.25) is 0 Å². The van der Waals surface area contributed by atoms with Crippen molar-refractivity contribution in [2.45, 2.75) is 19.0 Å². The van der Waals surface area contributed by atoms with Crippen molar-refractivity contribution >= 4 is 46.8 Å². The quantitative estimate of drug-likeness (QED) is 0.255. The molecule has 0 spiro atoms. The van der Waals surface area contributed by atoms with E-state index in [2.05, 4.69) is 36.6 Å². The van der Waals surface area contributed by atoms with Gasteiger partial charge in [-0.05, 0) is 47.5 Å². The number of urea groups is 1. The number of anilines is 3. The number of benzene rings is 3. The third-order valence-electron chi connectivity index (χ3n) is 7.24. The van der Waals surface area contributed by atoms with Crippen LogP contribution in [0, 0.1) is 0 Å². The number of amides is 5. The summed E-state index contributed by atoms with van der Waals surface area (Å²) in [5.41, 5.74) is 2.95. The number of tetrazole rings is 1. The average molecular weight is 593 g/mol. The lowest BCUT2D eigenvalue weighted by atomic mass is 10.0. The molecule has 222 valence electrons. The molecule has 6 rings (SSSR count). The predicted octanol–water partition coefficient (Wildman–Crippen LogP) is 2.41. The van der Waals surface area contributed by atoms with Crippen molar-refractivity contribution in [3.05, 3.63) is 95.6 Å². The van der Waals surface area contributed by atoms with E-state index in [1.807, 2.05) is 42.5 Å². The van der Waals surface area contributed by atoms with Gasteiger partial charge in [0.2, 0.25) is 18.0 Å². The summed E-state index contributed by atoms with van der Waals surface area (Å²) in [4.78, 5) is 61.0. The van der Waals surface area contributed by atoms with Gasteiger partial charge in [0.1, 0.15) is 6.54 Å². The monoisotopic (exact) mass is 592 g/mol. The van der Waals surface area contributed by atoms with Crippen molar-refractivity contribution in [1.82, 2.24) is 30.8 Å². The van der Waals surface area contributed by atoms with Gasteiger partial charge in [0.05, 0.1) is 11.4 Å². The van der Waals surface area contributed by atoms with Crippen LogP contribution >= 0.6 is 0 Å². The van der Waals surface area contributed by atoms with Gasteiger partial charge >= 0.3 is 6.03 Å². The number of nitrogens with zero attached hydrogens (tertiary/aromatic N) is 6. The minimum Gasteiger partial charge on any atom is -0.341 e. The predicted molar refractivity (Wildman–Crippen MR) is 161 cm³/mol. The van der Waals surface area contributed by atoms with Gasteiger partial charge in [-0.3, -0.25) is 24.6 Å². The van der Waals surface area contributed by atoms with Gasteiger partial charge in [0.25, 0.3) is 11.8 Å². The minimum atomic E-state index is -1.35. The van der Waals surface area contributed by atoms with Gasteiger partial charge in [-0.1, -0.05) is 59.7 Å². The molecular weight excluding hydrogens is 564 g/mol. The number of likely N-dealkylation sites (tertiary alicyclic amines) is 1. The van der Waals surface area contributed by atoms with E-state index in [0.29, 0.717) is 35.7 Å². The molecule has 0 bridgehead atoms. The molecule has 3 heterocycles. The highest BCUT2D eigenvalue weighted by Crippen LogP contribution is 2.28. The maximum Gasteiger partial charge on any atom is 0.321 e. The lowest BCUT2D eigenvalue weighted by Crippen LogP contribution is -2.51. The number of para-hydroxylation sites is 1. The number of benzodiazepines with no additional fused rings is 1. The van der Waals surface area contributed by atoms with Crippen molar-refractivity contribution in [3.8, 4) is 0 Å². The smallest absolute Gasteiger partial charge is 0.321 e. The first-order chi connectivity index (χ1) is 21.5. The molecule has 1 fully saturated rings. The molecule has 44 heavy (non-hydrogen) atoms. The van der Waals surface area contributed by atoms with E-state index in [-0.39, 0.29) is 24.0 Å². The highest BCUT2D eigenvalue weighted by molar-refractivity contribution is 6.21. The highest BCUT2D eigenvalue weighted by atomic mass is 16.2. The molecule has 1 atom stereocenters. The second-order valence-electron chi connectivity index (χ2n) is 10.2. The van der Waals surface area contributed by atoms with Gasteiger partial charge < -0.3 is 15.5 Å². The van der Waals surface area contributed by atoms with Crippen LogP contribution in [-0.2, 0) is 9.59 Å². The number of nitrogens with one attached hydrogen (secondary N) is 4. The molecule has 4 aromatic rings. The average Bonchev–Trinajstić information content (AvgIpc) is 3.76. The van der Waals surface area contributed by atoms with Crippen molar-refractivity contribution in [1.29, 1.82) is 0 Å². The normalized spacial score (nSPS) is 16.0. The molecule has 0 saturated carbocycles. The van der Waals surface area contributed by atoms with Gasteiger partial charge in [0, 0.05) is 35.5 Å². The van der Waals surface area contributed by atoms with Gasteiger partial charge in [-0.15, -0.1) is 0 Å². The fourth-order valence-electron chi connectivity index (χ4n) is 5.14. The Balaban J connectivity index is 1.27. The van der Waals surface area contributed by atoms with Gasteiger partial charge in [-0.25, -0.2) is 14.9 Å². The Morgan fingerprint density at radius 3 is 2.45 bits per heavy atom. The van der Waals surface area contributed by atoms with Crippen molar-refractivity contribution < 1.29 is 19.2 Å². The third kappa shape index (κ3) is 6.13. The number of aromatic nitrogens is 4. The van der Waals surface area contributed by atoms with Gasteiger partial charge in [0.15, 0.2) is 0 Å². The van der Waals surface area contributed by atoms with Crippen LogP contribution in [-0.4, -0.2) is 80.8 Å². The van der Waals surface area contributed by atoms with E-state index < -0.39 is 24.0 Å². The summed E-state index contributed by atoms with van der Waals surface area (Å²) in [6, 6.07) is 22.1. The summed E-state index contributed by atoms with van der Waals surface area (Å²) >= 11 is 0. The number of aliphatic imine (C=N–C) groups is 1. The van der Waals surface area contributed by atoms with Crippen LogP contribution in [0.4, 0.5) is 22.1 Å². The van der Waals surface area contributed by atoms with Crippen molar-refractivity contribution in [3.63, 3.8) is 0 Å². The Hall–Kier alpha value is -5.92. The largest absolute Gasteiger partial charge is 0.341 e. The molecule has 1 aromatic heterocycles. The van der Waals surface area contributed by atoms with E-state index in [1.54, 1.807) is 35.2 Å². The summed E-state index contributed by atoms with van der Waals surface area (Å²) in [5.74, 6) is -1.16. The summed E-state index contributed by atoms with van der Waals surface area (Å²) in [6.45, 7) is 1.10. The van der Waals surface area contributed by atoms with Crippen LogP contribution in [0.5, 0.6) is 0 Å². The molecule has 14 nitrogen and oxygen atoms in total. The van der Waals surface area contributed by atoms with Crippen molar-refractivity contribution in [2.24, 2.45) is 4.99 Å². The molecule has 3 aromatic carbocycles. The number of hydrogen-bond acceptors (Lipinski definition) is 8. The summed E-state index contributed by atoms with van der Waals surface area (Å²) in [5, 5.41) is 20.7. The number of aromatic amines is 1. The number of hydrogen-bond donors (Lipinski definition) is 4. The van der Waals surface area contributed by atoms with Crippen molar-refractivity contribution in [2.75, 3.05) is 35.2 Å². The number of rotatable bonds is 7. The van der Waals surface area contributed by atoms with Crippen LogP contribution in [0.25, 0.3) is 0 Å². The first kappa shape index (κ1) is 28.2. The lowest BCUT2D eigenvalue weighted by Gasteiger charge is -2.27. The molecule has 14 heteroatoms. The summed E-state index contributed by atoms with van der Waals surface area (Å²) in [6.07, 6.45) is 0.485. The van der Waals surface area contributed by atoms with Crippen LogP contribution in [0.15, 0.2) is 83.9 Å². The Morgan fingerprint density at radius 1 is 0.909 bits per heavy atom. The van der Waals surface area contributed by atoms with Crippen LogP contribution in [0.1, 0.15) is 34.3 Å². The first-order valence-corrected chi connectivity index (χ1v) is 14.0. The van der Waals surface area contributed by atoms with E-state index in [1.165, 1.54) is 11.0 Å². The van der Waals surface area contributed by atoms with Crippen LogP contribution in [0.3, 0.4) is 0 Å². The van der Waals surface area contributed by atoms with E-state index in [9.17, 15) is 19.2 Å². The third-order valence-corrected chi connectivity index (χ3v) is 7.24. The molecule has 2 aliphatic rings. The van der Waals surface area contributed by atoms with E-state index >= 15 is 0 Å². The maximum atomic E-state index is 14.1. The molecular formula is C30H28N10O4. The fraction of sp³-hybridized carbons (Fsp3) is 0.200. The molecule has 2 aliphatic heterocycles. The molecule has 0 radical (unpaired) electrons. The minimum absolute atomic E-state index is 0.0684. The van der Waals surface area contributed by atoms with E-state index in [0.717, 1.165) is 18.4 Å². The number of H-pyrrole nitrogens is 1. The molecule has 4 N–H and O–H groups in total. The molecule has 1 unspecified atom stereocenters. The Labute approximate surface area is 251 Å². The topological polar surface area (TPSA) is 178 Å². The molecule has 0 aliphatic carbocycles. The highest BCUT2D eigenvalue weighted by Gasteiger charge is 2.35. The zero-order valence-electron chi connectivity index (χ0n) is 23.4. The zero-order chi connectivity index (χ0) is 30.5. The standard InChI is InChI=1S/C30H28N10O4/c41-24(39-15-6-7-16-39)18-40-23-14-5-4-13-22(23)25(19-9-2-1-3-10-19)32-26(28(40)43)33-30(44)31-21-12-8-11-20(17-21)27(42)34-29-35-37-38-36-29/h1-5,8-14,17,26H,6-7,15-16,18H2,(H2,31,33,44)(H2,34,35,36,37,38,42). The SMILES string of the molecule is O=C(Nc1cccc(C(=O)Nc2nnn[nH]2)c1)NC1N=C(c2ccccc2)c2ccccc2N(CC(=O)N2CCCC2)C1=O. The summed E-state index contributed by atoms with van der Waals surface area (Å²) < 4.78 is 0. The summed E-state index contributed by atoms with van der Waals surface area (Å²) in [7, 11) is 0. The molecule has 1 saturated heterocycles. The number of carbonyl (C=O) groups is 4. The second kappa shape index (κ2) is 12.5. The zero-order valence-corrected chi connectivity index (χ0v) is 23.4. The van der Waals surface area contributed by atoms with Crippen LogP contribution < -0.4 is 20.9 Å². The first-order valence-electron chi connectivity index (χ1n) is 14.0. The van der Waals surface area contributed by atoms with E-state index in [4.69, 9.17) is 4.99 Å². The second-order valence-corrected chi connectivity index (χ2v) is 10.2. The Bertz CT molecular complexity index is 1720. The fourth-order valence-corrected chi connectivity index (χ4v) is 5.14. The Kier molecular flexibility index (Phi) is 8.03.